The smallest absolute Gasteiger partial charge is 0.271 e. The highest BCUT2D eigenvalue weighted by atomic mass is 35.5. The monoisotopic (exact) mass is 369 g/mol. The standard InChI is InChI=1S/C14H9Cl2N3O3S/c15-9-3-1-8(2-4-9)13(20)18-14(23)17-12-6-5-10(19(21)22)7-11(12)16/h1-7H,(H2,17,18,20,23). The van der Waals surface area contributed by atoms with Crippen molar-refractivity contribution in [1.29, 1.82) is 0 Å². The molecule has 0 radical (unpaired) electrons. The van der Waals surface area contributed by atoms with Crippen LogP contribution >= 0.6 is 35.4 Å². The Balaban J connectivity index is 2.03. The summed E-state index contributed by atoms with van der Waals surface area (Å²) >= 11 is 16.7. The number of hydrogen-bond acceptors (Lipinski definition) is 4. The van der Waals surface area contributed by atoms with Gasteiger partial charge in [0.15, 0.2) is 5.11 Å². The van der Waals surface area contributed by atoms with Gasteiger partial charge in [0.25, 0.3) is 11.6 Å². The number of halogens is 2. The molecule has 9 heteroatoms. The highest BCUT2D eigenvalue weighted by Gasteiger charge is 2.12. The van der Waals surface area contributed by atoms with E-state index in [9.17, 15) is 14.9 Å². The third-order valence-electron chi connectivity index (χ3n) is 2.75. The van der Waals surface area contributed by atoms with Crippen molar-refractivity contribution in [2.45, 2.75) is 0 Å². The van der Waals surface area contributed by atoms with Crippen LogP contribution in [0.4, 0.5) is 11.4 Å². The molecule has 0 aliphatic rings. The maximum atomic E-state index is 12.0. The molecule has 0 saturated carbocycles. The second-order valence-corrected chi connectivity index (χ2v) is 5.59. The molecule has 2 aromatic carbocycles. The molecule has 0 heterocycles. The van der Waals surface area contributed by atoms with Gasteiger partial charge >= 0.3 is 0 Å². The van der Waals surface area contributed by atoms with E-state index in [0.717, 1.165) is 0 Å². The van der Waals surface area contributed by atoms with Crippen LogP contribution in [0.25, 0.3) is 0 Å². The van der Waals surface area contributed by atoms with Gasteiger partial charge in [-0.2, -0.15) is 0 Å². The van der Waals surface area contributed by atoms with Crippen molar-refractivity contribution in [3.8, 4) is 0 Å². The number of nitrogens with one attached hydrogen (secondary N) is 2. The molecule has 0 spiro atoms. The fraction of sp³-hybridized carbons (Fsp3) is 0. The SMILES string of the molecule is O=C(NC(=S)Nc1ccc([N+](=O)[O-])cc1Cl)c1ccc(Cl)cc1. The molecule has 0 bridgehead atoms. The van der Waals surface area contributed by atoms with Gasteiger partial charge in [-0.1, -0.05) is 23.2 Å². The molecule has 0 aliphatic heterocycles. The van der Waals surface area contributed by atoms with Crippen LogP contribution in [0.2, 0.25) is 10.0 Å². The Morgan fingerprint density at radius 2 is 1.78 bits per heavy atom. The normalized spacial score (nSPS) is 10.0. The Kier molecular flexibility index (Phi) is 5.49. The molecule has 0 unspecified atom stereocenters. The topological polar surface area (TPSA) is 84.3 Å². The molecule has 0 saturated heterocycles. The van der Waals surface area contributed by atoms with Gasteiger partial charge in [-0.25, -0.2) is 0 Å². The lowest BCUT2D eigenvalue weighted by Gasteiger charge is -2.10. The molecule has 0 aliphatic carbocycles. The van der Waals surface area contributed by atoms with E-state index >= 15 is 0 Å². The Hall–Kier alpha value is -2.22. The van der Waals surface area contributed by atoms with E-state index in [1.54, 1.807) is 24.3 Å². The Bertz CT molecular complexity index is 781. The zero-order valence-electron chi connectivity index (χ0n) is 11.4. The van der Waals surface area contributed by atoms with Gasteiger partial charge in [0, 0.05) is 22.7 Å². The largest absolute Gasteiger partial charge is 0.331 e. The van der Waals surface area contributed by atoms with Crippen molar-refractivity contribution in [3.05, 3.63) is 68.2 Å². The maximum Gasteiger partial charge on any atom is 0.271 e. The van der Waals surface area contributed by atoms with E-state index in [4.69, 9.17) is 35.4 Å². The molecular weight excluding hydrogens is 361 g/mol. The maximum absolute atomic E-state index is 12.0. The van der Waals surface area contributed by atoms with E-state index in [2.05, 4.69) is 10.6 Å². The summed E-state index contributed by atoms with van der Waals surface area (Å²) in [6.45, 7) is 0. The molecule has 6 nitrogen and oxygen atoms in total. The van der Waals surface area contributed by atoms with Gasteiger partial charge in [-0.3, -0.25) is 20.2 Å². The van der Waals surface area contributed by atoms with Gasteiger partial charge in [0.05, 0.1) is 15.6 Å². The number of carbonyl (C=O) groups excluding carboxylic acids is 1. The summed E-state index contributed by atoms with van der Waals surface area (Å²) in [5.41, 5.74) is 0.587. The molecular formula is C14H9Cl2N3O3S. The zero-order chi connectivity index (χ0) is 17.0. The highest BCUT2D eigenvalue weighted by Crippen LogP contribution is 2.26. The van der Waals surface area contributed by atoms with Gasteiger partial charge in [0.2, 0.25) is 0 Å². The third kappa shape index (κ3) is 4.62. The van der Waals surface area contributed by atoms with E-state index in [-0.39, 0.29) is 15.8 Å². The number of nitro benzene ring substituents is 1. The number of amides is 1. The second-order valence-electron chi connectivity index (χ2n) is 4.34. The number of hydrogen-bond donors (Lipinski definition) is 2. The van der Waals surface area contributed by atoms with Gasteiger partial charge in [-0.05, 0) is 42.5 Å². The first kappa shape index (κ1) is 17.1. The van der Waals surface area contributed by atoms with E-state index < -0.39 is 10.8 Å². The number of thiocarbonyl (C=S) groups is 1. The predicted octanol–water partition coefficient (Wildman–Crippen LogP) is 4.03. The molecule has 0 fully saturated rings. The predicted molar refractivity (Wildman–Crippen MR) is 93.2 cm³/mol. The van der Waals surface area contributed by atoms with Crippen molar-refractivity contribution in [2.75, 3.05) is 5.32 Å². The fourth-order valence-electron chi connectivity index (χ4n) is 1.65. The number of carbonyl (C=O) groups is 1. The van der Waals surface area contributed by atoms with Gasteiger partial charge in [0.1, 0.15) is 0 Å². The molecule has 2 aromatic rings. The summed E-state index contributed by atoms with van der Waals surface area (Å²) in [6, 6.07) is 10.1. The summed E-state index contributed by atoms with van der Waals surface area (Å²) in [5.74, 6) is -0.419. The number of anilines is 1. The molecule has 1 amide bonds. The lowest BCUT2D eigenvalue weighted by Crippen LogP contribution is -2.34. The lowest BCUT2D eigenvalue weighted by atomic mass is 10.2. The average molecular weight is 370 g/mol. The molecule has 0 atom stereocenters. The first-order chi connectivity index (χ1) is 10.9. The lowest BCUT2D eigenvalue weighted by molar-refractivity contribution is -0.384. The van der Waals surface area contributed by atoms with Gasteiger partial charge in [-0.15, -0.1) is 0 Å². The van der Waals surface area contributed by atoms with Crippen LogP contribution in [0, 0.1) is 10.1 Å². The van der Waals surface area contributed by atoms with Crippen LogP contribution in [0.15, 0.2) is 42.5 Å². The quantitative estimate of drug-likeness (QED) is 0.484. The van der Waals surface area contributed by atoms with Crippen LogP contribution in [0.5, 0.6) is 0 Å². The number of non-ortho nitro benzene ring substituents is 1. The van der Waals surface area contributed by atoms with Crippen LogP contribution in [0.1, 0.15) is 10.4 Å². The molecule has 2 N–H and O–H groups in total. The van der Waals surface area contributed by atoms with E-state index in [0.29, 0.717) is 16.3 Å². The minimum atomic E-state index is -0.559. The van der Waals surface area contributed by atoms with Crippen molar-refractivity contribution >= 4 is 57.8 Å². The van der Waals surface area contributed by atoms with Gasteiger partial charge < -0.3 is 5.32 Å². The molecule has 23 heavy (non-hydrogen) atoms. The zero-order valence-corrected chi connectivity index (χ0v) is 13.7. The minimum absolute atomic E-state index is 0.0145. The Labute approximate surface area is 146 Å². The number of nitro groups is 1. The minimum Gasteiger partial charge on any atom is -0.331 e. The average Bonchev–Trinajstić information content (AvgIpc) is 2.49. The molecule has 0 aromatic heterocycles. The number of rotatable bonds is 3. The fourth-order valence-corrected chi connectivity index (χ4v) is 2.20. The summed E-state index contributed by atoms with van der Waals surface area (Å²) < 4.78 is 0. The van der Waals surface area contributed by atoms with Crippen LogP contribution in [0.3, 0.4) is 0 Å². The highest BCUT2D eigenvalue weighted by molar-refractivity contribution is 7.80. The number of nitrogens with zero attached hydrogens (tertiary/aromatic N) is 1. The van der Waals surface area contributed by atoms with Crippen LogP contribution in [-0.4, -0.2) is 15.9 Å². The van der Waals surface area contributed by atoms with E-state index in [1.807, 2.05) is 0 Å². The van der Waals surface area contributed by atoms with Crippen molar-refractivity contribution < 1.29 is 9.72 Å². The number of benzene rings is 2. The summed E-state index contributed by atoms with van der Waals surface area (Å²) in [6.07, 6.45) is 0. The Morgan fingerprint density at radius 1 is 1.13 bits per heavy atom. The van der Waals surface area contributed by atoms with Crippen molar-refractivity contribution in [3.63, 3.8) is 0 Å². The van der Waals surface area contributed by atoms with Crippen molar-refractivity contribution in [1.82, 2.24) is 5.32 Å². The summed E-state index contributed by atoms with van der Waals surface area (Å²) in [7, 11) is 0. The summed E-state index contributed by atoms with van der Waals surface area (Å²) in [4.78, 5) is 22.1. The van der Waals surface area contributed by atoms with Crippen molar-refractivity contribution in [2.24, 2.45) is 0 Å². The van der Waals surface area contributed by atoms with E-state index in [1.165, 1.54) is 18.2 Å². The van der Waals surface area contributed by atoms with Crippen LogP contribution in [-0.2, 0) is 0 Å². The molecule has 118 valence electrons. The summed E-state index contributed by atoms with van der Waals surface area (Å²) in [5, 5.41) is 16.5. The molecule has 2 rings (SSSR count). The van der Waals surface area contributed by atoms with Crippen LogP contribution < -0.4 is 10.6 Å². The third-order valence-corrected chi connectivity index (χ3v) is 3.51. The first-order valence-electron chi connectivity index (χ1n) is 6.18. The second kappa shape index (κ2) is 7.36. The Morgan fingerprint density at radius 3 is 2.35 bits per heavy atom. The first-order valence-corrected chi connectivity index (χ1v) is 7.35.